The fourth-order valence-electron chi connectivity index (χ4n) is 4.16. The van der Waals surface area contributed by atoms with Gasteiger partial charge in [-0.2, -0.15) is 13.2 Å². The first-order valence-electron chi connectivity index (χ1n) is 12.1. The van der Waals surface area contributed by atoms with Crippen molar-refractivity contribution in [1.82, 2.24) is 5.32 Å². The quantitative estimate of drug-likeness (QED) is 0.129. The largest absolute Gasteiger partial charge is 0.435 e. The van der Waals surface area contributed by atoms with Crippen LogP contribution in [-0.2, 0) is 15.3 Å². The molecule has 13 heteroatoms. The van der Waals surface area contributed by atoms with Crippen LogP contribution in [0.4, 0.5) is 17.6 Å². The Morgan fingerprint density at radius 3 is 2.55 bits per heavy atom. The maximum absolute atomic E-state index is 14.4. The van der Waals surface area contributed by atoms with Gasteiger partial charge in [0.05, 0.1) is 34.6 Å². The highest BCUT2D eigenvalue weighted by Gasteiger charge is 2.62. The topological polar surface area (TPSA) is 92.5 Å². The lowest BCUT2D eigenvalue weighted by Gasteiger charge is -2.29. The van der Waals surface area contributed by atoms with Crippen LogP contribution in [-0.4, -0.2) is 48.4 Å². The van der Waals surface area contributed by atoms with Crippen molar-refractivity contribution in [2.75, 3.05) is 13.2 Å². The molecular formula is C27H23Cl2F4N3O4. The number of nitrogens with one attached hydrogen (secondary N) is 1. The fourth-order valence-corrected chi connectivity index (χ4v) is 4.64. The number of carbonyl (C=O) groups excluding carboxylic acids is 1. The van der Waals surface area contributed by atoms with E-state index in [0.717, 1.165) is 12.1 Å². The van der Waals surface area contributed by atoms with Gasteiger partial charge in [-0.1, -0.05) is 70.8 Å². The third-order valence-corrected chi connectivity index (χ3v) is 6.91. The van der Waals surface area contributed by atoms with E-state index in [0.29, 0.717) is 22.8 Å². The molecule has 2 N–H and O–H groups in total. The average molecular weight is 600 g/mol. The van der Waals surface area contributed by atoms with E-state index in [-0.39, 0.29) is 24.4 Å². The van der Waals surface area contributed by atoms with Crippen LogP contribution in [0.2, 0.25) is 10.0 Å². The van der Waals surface area contributed by atoms with Crippen molar-refractivity contribution in [1.29, 1.82) is 0 Å². The number of aliphatic hydroxyl groups is 1. The van der Waals surface area contributed by atoms with Crippen molar-refractivity contribution >= 4 is 51.8 Å². The number of rotatable bonds is 9. The molecule has 0 radical (unpaired) electrons. The lowest BCUT2D eigenvalue weighted by Crippen LogP contribution is -2.42. The summed E-state index contributed by atoms with van der Waals surface area (Å²) in [5.41, 5.74) is -2.88. The van der Waals surface area contributed by atoms with Crippen LogP contribution in [0.15, 0.2) is 58.8 Å². The minimum absolute atomic E-state index is 0.0253. The van der Waals surface area contributed by atoms with Crippen LogP contribution in [0.25, 0.3) is 10.8 Å². The summed E-state index contributed by atoms with van der Waals surface area (Å²) < 4.78 is 57.2. The van der Waals surface area contributed by atoms with Crippen LogP contribution >= 0.6 is 23.2 Å². The second-order valence-corrected chi connectivity index (χ2v) is 9.76. The van der Waals surface area contributed by atoms with Gasteiger partial charge in [0.15, 0.2) is 5.82 Å². The molecule has 40 heavy (non-hydrogen) atoms. The summed E-state index contributed by atoms with van der Waals surface area (Å²) in [5, 5.41) is 19.3. The van der Waals surface area contributed by atoms with E-state index in [1.165, 1.54) is 18.3 Å². The number of alkyl halides is 3. The van der Waals surface area contributed by atoms with Crippen molar-refractivity contribution in [3.8, 4) is 0 Å². The zero-order valence-electron chi connectivity index (χ0n) is 20.9. The molecule has 0 bridgehead atoms. The average Bonchev–Trinajstić information content (AvgIpc) is 3.39. The number of oxime groups is 2. The number of nitrogens with zero attached hydrogens (tertiary/aromatic N) is 2. The predicted octanol–water partition coefficient (Wildman–Crippen LogP) is 6.37. The Morgan fingerprint density at radius 1 is 1.23 bits per heavy atom. The lowest BCUT2D eigenvalue weighted by molar-refractivity contribution is -0.275. The van der Waals surface area contributed by atoms with Gasteiger partial charge >= 0.3 is 6.18 Å². The van der Waals surface area contributed by atoms with Crippen LogP contribution in [0.3, 0.4) is 0 Å². The van der Waals surface area contributed by atoms with Gasteiger partial charge < -0.3 is 20.1 Å². The molecule has 3 aromatic rings. The number of amides is 1. The molecule has 2 unspecified atom stereocenters. The highest BCUT2D eigenvalue weighted by Crippen LogP contribution is 2.50. The lowest BCUT2D eigenvalue weighted by atomic mass is 9.85. The maximum atomic E-state index is 14.4. The monoisotopic (exact) mass is 599 g/mol. The summed E-state index contributed by atoms with van der Waals surface area (Å²) in [6, 6.07) is 11.3. The predicted molar refractivity (Wildman–Crippen MR) is 143 cm³/mol. The molecule has 0 spiro atoms. The number of halogens is 6. The molecule has 0 fully saturated rings. The minimum atomic E-state index is -4.96. The third kappa shape index (κ3) is 5.86. The molecule has 0 aliphatic carbocycles. The zero-order valence-corrected chi connectivity index (χ0v) is 22.4. The molecule has 212 valence electrons. The molecule has 0 saturated carbocycles. The minimum Gasteiger partial charge on any atom is -0.393 e. The first-order valence-corrected chi connectivity index (χ1v) is 12.8. The van der Waals surface area contributed by atoms with Gasteiger partial charge in [-0.15, -0.1) is 0 Å². The third-order valence-electron chi connectivity index (χ3n) is 6.36. The first kappa shape index (κ1) is 29.6. The Bertz CT molecular complexity index is 1460. The molecule has 3 aromatic carbocycles. The van der Waals surface area contributed by atoms with E-state index in [1.807, 2.05) is 0 Å². The van der Waals surface area contributed by atoms with Crippen molar-refractivity contribution < 1.29 is 37.1 Å². The molecule has 1 aliphatic heterocycles. The van der Waals surface area contributed by atoms with Crippen molar-refractivity contribution in [2.24, 2.45) is 10.3 Å². The Labute approximate surface area is 236 Å². The van der Waals surface area contributed by atoms with Gasteiger partial charge in [0, 0.05) is 23.1 Å². The zero-order chi connectivity index (χ0) is 29.1. The van der Waals surface area contributed by atoms with Crippen LogP contribution in [0.5, 0.6) is 0 Å². The van der Waals surface area contributed by atoms with Gasteiger partial charge in [0.2, 0.25) is 0 Å². The van der Waals surface area contributed by atoms with Crippen molar-refractivity contribution in [2.45, 2.75) is 37.6 Å². The van der Waals surface area contributed by atoms with Gasteiger partial charge in [-0.3, -0.25) is 4.79 Å². The highest BCUT2D eigenvalue weighted by atomic mass is 35.5. The van der Waals surface area contributed by atoms with E-state index in [1.54, 1.807) is 31.2 Å². The molecule has 1 amide bonds. The maximum Gasteiger partial charge on any atom is 0.435 e. The van der Waals surface area contributed by atoms with Crippen molar-refractivity contribution in [3.05, 3.63) is 81.1 Å². The molecule has 7 nitrogen and oxygen atoms in total. The molecule has 2 atom stereocenters. The van der Waals surface area contributed by atoms with Crippen LogP contribution in [0, 0.1) is 5.82 Å². The second kappa shape index (κ2) is 12.0. The summed E-state index contributed by atoms with van der Waals surface area (Å²) in [5.74, 6) is -1.50. The van der Waals surface area contributed by atoms with Gasteiger partial charge in [0.25, 0.3) is 11.5 Å². The Morgan fingerprint density at radius 2 is 1.90 bits per heavy atom. The molecule has 1 aliphatic rings. The number of fused-ring (bicyclic) bond motifs is 1. The summed E-state index contributed by atoms with van der Waals surface area (Å²) >= 11 is 11.6. The summed E-state index contributed by atoms with van der Waals surface area (Å²) in [6.07, 6.45) is -4.50. The molecule has 4 rings (SSSR count). The molecule has 1 heterocycles. The van der Waals surface area contributed by atoms with Gasteiger partial charge in [0.1, 0.15) is 6.61 Å². The summed E-state index contributed by atoms with van der Waals surface area (Å²) in [6.45, 7) is 1.86. The summed E-state index contributed by atoms with van der Waals surface area (Å²) in [4.78, 5) is 22.9. The molecule has 0 aromatic heterocycles. The number of carbonyl (C=O) groups is 1. The number of hydrogen-bond donors (Lipinski definition) is 2. The number of benzene rings is 3. The Hall–Kier alpha value is -3.41. The highest BCUT2D eigenvalue weighted by molar-refractivity contribution is 6.35. The van der Waals surface area contributed by atoms with E-state index in [4.69, 9.17) is 32.9 Å². The number of hydrogen-bond acceptors (Lipinski definition) is 6. The molecule has 0 saturated heterocycles. The van der Waals surface area contributed by atoms with E-state index in [2.05, 4.69) is 15.6 Å². The normalized spacial score (nSPS) is 18.1. The summed E-state index contributed by atoms with van der Waals surface area (Å²) in [7, 11) is 0. The van der Waals surface area contributed by atoms with Crippen molar-refractivity contribution in [3.63, 3.8) is 0 Å². The Balaban J connectivity index is 1.60. The van der Waals surface area contributed by atoms with E-state index >= 15 is 0 Å². The van der Waals surface area contributed by atoms with E-state index < -0.39 is 51.6 Å². The SMILES string of the molecule is CCC(O)CON=CCNC(=O)c1ccc(C2=NOC(c3cc(Cl)c(F)c(Cl)c3)(C(F)(F)F)C2)c2ccccc12. The van der Waals surface area contributed by atoms with E-state index in [9.17, 15) is 27.5 Å². The first-order chi connectivity index (χ1) is 19.0. The van der Waals surface area contributed by atoms with Crippen LogP contribution in [0.1, 0.15) is 41.3 Å². The second-order valence-electron chi connectivity index (χ2n) is 8.95. The molecular weight excluding hydrogens is 577 g/mol. The Kier molecular flexibility index (Phi) is 8.86. The smallest absolute Gasteiger partial charge is 0.393 e. The van der Waals surface area contributed by atoms with Gasteiger partial charge in [-0.25, -0.2) is 4.39 Å². The van der Waals surface area contributed by atoms with Crippen LogP contribution < -0.4 is 5.32 Å². The fraction of sp³-hybridized carbons (Fsp3) is 0.296. The van der Waals surface area contributed by atoms with Gasteiger partial charge in [-0.05, 0) is 35.4 Å². The number of aliphatic hydroxyl groups excluding tert-OH is 1. The standard InChI is InChI=1S/C27H23Cl2F4N3O4/c1-2-16(37)14-39-35-10-9-34-25(38)20-8-7-19(17-5-3-4-6-18(17)20)23-13-26(40-36-23,27(31,32)33)15-11-21(28)24(30)22(29)12-15/h3-8,10-12,16,37H,2,9,13-14H2,1H3,(H,34,38).